The minimum absolute atomic E-state index is 0.112. The van der Waals surface area contributed by atoms with Crippen LogP contribution in [0.25, 0.3) is 0 Å². The molecule has 2 aliphatic heterocycles. The second kappa shape index (κ2) is 3.88. The molecule has 1 atom stereocenters. The topological polar surface area (TPSA) is 73.1 Å². The molecule has 1 aromatic heterocycles. The molecule has 1 unspecified atom stereocenters. The van der Waals surface area contributed by atoms with Crippen molar-refractivity contribution in [2.45, 2.75) is 12.6 Å². The third kappa shape index (κ3) is 1.50. The van der Waals surface area contributed by atoms with E-state index in [0.29, 0.717) is 6.54 Å². The van der Waals surface area contributed by atoms with Crippen molar-refractivity contribution >= 4 is 5.91 Å². The van der Waals surface area contributed by atoms with Crippen molar-refractivity contribution in [2.75, 3.05) is 26.2 Å². The molecule has 2 aliphatic rings. The van der Waals surface area contributed by atoms with E-state index < -0.39 is 0 Å². The molecule has 3 heterocycles. The molecule has 16 heavy (non-hydrogen) atoms. The Labute approximate surface area is 93.4 Å². The molecular formula is C10H15N5O. The molecule has 0 saturated carbocycles. The predicted molar refractivity (Wildman–Crippen MR) is 57.6 cm³/mol. The van der Waals surface area contributed by atoms with Crippen LogP contribution in [0.1, 0.15) is 17.3 Å². The van der Waals surface area contributed by atoms with E-state index in [1.165, 1.54) is 5.56 Å². The maximum absolute atomic E-state index is 11.8. The first-order valence-corrected chi connectivity index (χ1v) is 5.59. The maximum Gasteiger partial charge on any atom is 0.237 e. The fraction of sp³-hybridized carbons (Fsp3) is 0.600. The monoisotopic (exact) mass is 221 g/mol. The molecule has 1 aromatic rings. The molecule has 0 radical (unpaired) electrons. The second-order valence-corrected chi connectivity index (χ2v) is 4.22. The molecule has 1 amide bonds. The van der Waals surface area contributed by atoms with E-state index in [1.54, 1.807) is 0 Å². The van der Waals surface area contributed by atoms with Gasteiger partial charge in [-0.2, -0.15) is 5.10 Å². The number of carbonyl (C=O) groups excluding carboxylic acids is 1. The Balaban J connectivity index is 1.88. The van der Waals surface area contributed by atoms with Crippen LogP contribution in [0.3, 0.4) is 0 Å². The average molecular weight is 221 g/mol. The molecule has 1 fully saturated rings. The van der Waals surface area contributed by atoms with E-state index in [2.05, 4.69) is 20.8 Å². The van der Waals surface area contributed by atoms with Gasteiger partial charge in [-0.25, -0.2) is 0 Å². The van der Waals surface area contributed by atoms with Gasteiger partial charge in [0.05, 0.1) is 24.5 Å². The minimum Gasteiger partial charge on any atom is -0.330 e. The molecule has 0 bridgehead atoms. The lowest BCUT2D eigenvalue weighted by Gasteiger charge is -2.36. The molecule has 1 saturated heterocycles. The smallest absolute Gasteiger partial charge is 0.237 e. The van der Waals surface area contributed by atoms with Crippen LogP contribution in [0.4, 0.5) is 0 Å². The van der Waals surface area contributed by atoms with Gasteiger partial charge in [-0.3, -0.25) is 9.89 Å². The quantitative estimate of drug-likeness (QED) is 0.568. The van der Waals surface area contributed by atoms with Crippen LogP contribution >= 0.6 is 0 Å². The van der Waals surface area contributed by atoms with Gasteiger partial charge in [0.25, 0.3) is 0 Å². The summed E-state index contributed by atoms with van der Waals surface area (Å²) in [6.07, 6.45) is 1.83. The van der Waals surface area contributed by atoms with E-state index in [4.69, 9.17) is 0 Å². The number of hydrogen-bond donors (Lipinski definition) is 3. The number of rotatable bonds is 1. The van der Waals surface area contributed by atoms with E-state index >= 15 is 0 Å². The zero-order valence-corrected chi connectivity index (χ0v) is 8.99. The van der Waals surface area contributed by atoms with Gasteiger partial charge in [-0.15, -0.1) is 0 Å². The Bertz CT molecular complexity index is 402. The molecule has 6 nitrogen and oxygen atoms in total. The van der Waals surface area contributed by atoms with E-state index in [-0.39, 0.29) is 11.9 Å². The van der Waals surface area contributed by atoms with E-state index in [9.17, 15) is 4.79 Å². The lowest BCUT2D eigenvalue weighted by Crippen LogP contribution is -2.52. The molecule has 6 heteroatoms. The number of H-pyrrole nitrogens is 1. The van der Waals surface area contributed by atoms with Crippen molar-refractivity contribution in [1.82, 2.24) is 25.7 Å². The van der Waals surface area contributed by atoms with Crippen LogP contribution < -0.4 is 10.6 Å². The summed E-state index contributed by atoms with van der Waals surface area (Å²) in [7, 11) is 0. The van der Waals surface area contributed by atoms with Gasteiger partial charge < -0.3 is 15.5 Å². The van der Waals surface area contributed by atoms with Crippen molar-refractivity contribution < 1.29 is 4.79 Å². The van der Waals surface area contributed by atoms with Crippen LogP contribution in [0.2, 0.25) is 0 Å². The molecule has 0 spiro atoms. The number of piperazine rings is 1. The van der Waals surface area contributed by atoms with Crippen LogP contribution in [0, 0.1) is 0 Å². The van der Waals surface area contributed by atoms with Crippen LogP contribution in [-0.2, 0) is 11.3 Å². The van der Waals surface area contributed by atoms with Crippen LogP contribution in [0.15, 0.2) is 6.20 Å². The third-order valence-electron chi connectivity index (χ3n) is 3.24. The number of fused-ring (bicyclic) bond motifs is 1. The molecule has 86 valence electrons. The fourth-order valence-electron chi connectivity index (χ4n) is 2.41. The first-order chi connectivity index (χ1) is 7.86. The van der Waals surface area contributed by atoms with E-state index in [1.807, 2.05) is 11.1 Å². The number of carbonyl (C=O) groups is 1. The Kier molecular flexibility index (Phi) is 2.37. The summed E-state index contributed by atoms with van der Waals surface area (Å²) in [6.45, 7) is 3.72. The SMILES string of the molecule is O=C1CNCCN1C1CNCc2cn[nH]c21. The summed E-state index contributed by atoms with van der Waals surface area (Å²) in [4.78, 5) is 13.8. The molecule has 0 aromatic carbocycles. The van der Waals surface area contributed by atoms with Crippen molar-refractivity contribution in [2.24, 2.45) is 0 Å². The Morgan fingerprint density at radius 2 is 2.31 bits per heavy atom. The highest BCUT2D eigenvalue weighted by atomic mass is 16.2. The summed E-state index contributed by atoms with van der Waals surface area (Å²) in [5.74, 6) is 0.167. The summed E-state index contributed by atoms with van der Waals surface area (Å²) < 4.78 is 0. The fourth-order valence-corrected chi connectivity index (χ4v) is 2.41. The van der Waals surface area contributed by atoms with E-state index in [0.717, 1.165) is 31.9 Å². The molecule has 0 aliphatic carbocycles. The number of amides is 1. The zero-order valence-electron chi connectivity index (χ0n) is 8.99. The Hall–Kier alpha value is -1.40. The highest BCUT2D eigenvalue weighted by Crippen LogP contribution is 2.25. The Morgan fingerprint density at radius 3 is 3.19 bits per heavy atom. The molecular weight excluding hydrogens is 206 g/mol. The first kappa shape index (κ1) is 9.80. The van der Waals surface area contributed by atoms with Crippen molar-refractivity contribution in [3.8, 4) is 0 Å². The van der Waals surface area contributed by atoms with Gasteiger partial charge in [-0.1, -0.05) is 0 Å². The Morgan fingerprint density at radius 1 is 1.38 bits per heavy atom. The van der Waals surface area contributed by atoms with Gasteiger partial charge in [-0.05, 0) is 0 Å². The lowest BCUT2D eigenvalue weighted by molar-refractivity contribution is -0.134. The lowest BCUT2D eigenvalue weighted by atomic mass is 10.0. The van der Waals surface area contributed by atoms with Gasteiger partial charge in [0.15, 0.2) is 0 Å². The van der Waals surface area contributed by atoms with Gasteiger partial charge in [0.2, 0.25) is 5.91 Å². The highest BCUT2D eigenvalue weighted by Gasteiger charge is 2.31. The predicted octanol–water partition coefficient (Wildman–Crippen LogP) is -1.01. The normalized spacial score (nSPS) is 25.6. The number of hydrogen-bond acceptors (Lipinski definition) is 4. The third-order valence-corrected chi connectivity index (χ3v) is 3.24. The molecule has 3 N–H and O–H groups in total. The first-order valence-electron chi connectivity index (χ1n) is 5.59. The van der Waals surface area contributed by atoms with Crippen molar-refractivity contribution in [3.63, 3.8) is 0 Å². The maximum atomic E-state index is 11.8. The number of nitrogens with one attached hydrogen (secondary N) is 3. The second-order valence-electron chi connectivity index (χ2n) is 4.22. The standard InChI is InChI=1S/C10H15N5O/c16-9-6-11-1-2-15(9)8-5-12-3-7-4-13-14-10(7)8/h4,8,11-12H,1-3,5-6H2,(H,13,14). The number of aromatic amines is 1. The number of nitrogens with zero attached hydrogens (tertiary/aromatic N) is 2. The van der Waals surface area contributed by atoms with Gasteiger partial charge >= 0.3 is 0 Å². The van der Waals surface area contributed by atoms with Crippen molar-refractivity contribution in [3.05, 3.63) is 17.5 Å². The van der Waals surface area contributed by atoms with Crippen LogP contribution in [-0.4, -0.2) is 47.2 Å². The zero-order chi connectivity index (χ0) is 11.0. The summed E-state index contributed by atoms with van der Waals surface area (Å²) in [6, 6.07) is 0.112. The summed E-state index contributed by atoms with van der Waals surface area (Å²) in [5.41, 5.74) is 2.26. The van der Waals surface area contributed by atoms with Gasteiger partial charge in [0, 0.05) is 31.7 Å². The average Bonchev–Trinajstić information content (AvgIpc) is 2.77. The number of aromatic nitrogens is 2. The summed E-state index contributed by atoms with van der Waals surface area (Å²) >= 11 is 0. The van der Waals surface area contributed by atoms with Gasteiger partial charge in [0.1, 0.15) is 0 Å². The molecule has 3 rings (SSSR count). The minimum atomic E-state index is 0.112. The van der Waals surface area contributed by atoms with Crippen LogP contribution in [0.5, 0.6) is 0 Å². The highest BCUT2D eigenvalue weighted by molar-refractivity contribution is 5.79. The van der Waals surface area contributed by atoms with Crippen molar-refractivity contribution in [1.29, 1.82) is 0 Å². The summed E-state index contributed by atoms with van der Waals surface area (Å²) in [5, 5.41) is 13.5. The largest absolute Gasteiger partial charge is 0.330 e.